The highest BCUT2D eigenvalue weighted by Gasteiger charge is 2.17. The number of benzene rings is 1. The van der Waals surface area contributed by atoms with Gasteiger partial charge >= 0.3 is 0 Å². The van der Waals surface area contributed by atoms with Gasteiger partial charge in [-0.3, -0.25) is 0 Å². The average Bonchev–Trinajstić information content (AvgIpc) is 2.66. The average molecular weight is 433 g/mol. The number of unbranched alkanes of at least 4 members (excludes halogenated alkanes) is 1. The van der Waals surface area contributed by atoms with Crippen LogP contribution in [0, 0.1) is 5.41 Å². The number of halogens is 2. The normalized spacial score (nSPS) is 12.0. The Morgan fingerprint density at radius 1 is 1.24 bits per heavy atom. The van der Waals surface area contributed by atoms with Gasteiger partial charge in [0.15, 0.2) is 0 Å². The van der Waals surface area contributed by atoms with Gasteiger partial charge < -0.3 is 16.0 Å². The fraction of sp³-hybridized carbons (Fsp3) is 0.348. The SMILES string of the molecule is C=C(c1cnc(Nc2ccc(Cl)cc2)c(Cl)c1)N(/C=C(\N)C(C)(C)C)CCCC. The number of pyridine rings is 1. The van der Waals surface area contributed by atoms with Crippen LogP contribution in [0.15, 0.2) is 55.0 Å². The van der Waals surface area contributed by atoms with Gasteiger partial charge in [-0.05, 0) is 36.8 Å². The lowest BCUT2D eigenvalue weighted by Gasteiger charge is -2.27. The molecule has 0 aliphatic carbocycles. The predicted octanol–water partition coefficient (Wildman–Crippen LogP) is 7.05. The van der Waals surface area contributed by atoms with E-state index in [1.165, 1.54) is 0 Å². The van der Waals surface area contributed by atoms with Crippen LogP contribution in [-0.2, 0) is 0 Å². The van der Waals surface area contributed by atoms with E-state index in [9.17, 15) is 0 Å². The van der Waals surface area contributed by atoms with Crippen molar-refractivity contribution in [2.45, 2.75) is 40.5 Å². The zero-order valence-electron chi connectivity index (χ0n) is 17.6. The molecule has 1 aromatic carbocycles. The summed E-state index contributed by atoms with van der Waals surface area (Å²) in [7, 11) is 0. The third-order valence-corrected chi connectivity index (χ3v) is 5.08. The molecule has 0 atom stereocenters. The van der Waals surface area contributed by atoms with Gasteiger partial charge in [-0.1, -0.05) is 63.9 Å². The first-order chi connectivity index (χ1) is 13.6. The second kappa shape index (κ2) is 10.0. The van der Waals surface area contributed by atoms with E-state index >= 15 is 0 Å². The Hall–Kier alpha value is -2.17. The molecule has 3 N–H and O–H groups in total. The molecular formula is C23H30Cl2N4. The van der Waals surface area contributed by atoms with Crippen LogP contribution in [0.4, 0.5) is 11.5 Å². The van der Waals surface area contributed by atoms with Gasteiger partial charge in [-0.2, -0.15) is 0 Å². The maximum Gasteiger partial charge on any atom is 0.149 e. The van der Waals surface area contributed by atoms with Gasteiger partial charge in [0, 0.05) is 52.0 Å². The number of aromatic nitrogens is 1. The Morgan fingerprint density at radius 3 is 2.45 bits per heavy atom. The molecule has 6 heteroatoms. The van der Waals surface area contributed by atoms with Crippen LogP contribution in [0.5, 0.6) is 0 Å². The van der Waals surface area contributed by atoms with Crippen molar-refractivity contribution in [2.75, 3.05) is 11.9 Å². The van der Waals surface area contributed by atoms with Gasteiger partial charge in [0.2, 0.25) is 0 Å². The Kier molecular flexibility index (Phi) is 8.00. The highest BCUT2D eigenvalue weighted by molar-refractivity contribution is 6.33. The largest absolute Gasteiger partial charge is 0.400 e. The van der Waals surface area contributed by atoms with Gasteiger partial charge in [0.05, 0.1) is 5.02 Å². The smallest absolute Gasteiger partial charge is 0.149 e. The summed E-state index contributed by atoms with van der Waals surface area (Å²) in [5.41, 5.74) is 9.52. The van der Waals surface area contributed by atoms with Crippen molar-refractivity contribution in [3.63, 3.8) is 0 Å². The molecule has 0 radical (unpaired) electrons. The monoisotopic (exact) mass is 432 g/mol. The molecule has 1 aromatic heterocycles. The van der Waals surface area contributed by atoms with Gasteiger partial charge in [0.1, 0.15) is 5.82 Å². The highest BCUT2D eigenvalue weighted by atomic mass is 35.5. The molecule has 0 amide bonds. The number of allylic oxidation sites excluding steroid dienone is 1. The lowest BCUT2D eigenvalue weighted by Crippen LogP contribution is -2.24. The Bertz CT molecular complexity index is 867. The number of nitrogens with one attached hydrogen (secondary N) is 1. The number of hydrogen-bond acceptors (Lipinski definition) is 4. The lowest BCUT2D eigenvalue weighted by atomic mass is 9.93. The lowest BCUT2D eigenvalue weighted by molar-refractivity contribution is 0.453. The standard InChI is InChI=1S/C23H30Cl2N4/c1-6-7-12-29(15-21(26)23(3,4)5)16(2)17-13-20(25)22(27-14-17)28-19-10-8-18(24)9-11-19/h8-11,13-15H,2,6-7,12,26H2,1,3-5H3,(H,27,28)/b21-15-. The quantitative estimate of drug-likeness (QED) is 0.468. The van der Waals surface area contributed by atoms with Crippen LogP contribution in [-0.4, -0.2) is 16.4 Å². The molecule has 0 spiro atoms. The zero-order chi connectivity index (χ0) is 21.6. The first-order valence-electron chi connectivity index (χ1n) is 9.73. The van der Waals surface area contributed by atoms with Crippen molar-refractivity contribution in [3.05, 3.63) is 70.6 Å². The van der Waals surface area contributed by atoms with Crippen molar-refractivity contribution >= 4 is 40.4 Å². The fourth-order valence-electron chi connectivity index (χ4n) is 2.49. The molecule has 0 saturated heterocycles. The number of anilines is 2. The number of rotatable bonds is 8. The van der Waals surface area contributed by atoms with Crippen molar-refractivity contribution in [1.82, 2.24) is 9.88 Å². The summed E-state index contributed by atoms with van der Waals surface area (Å²) in [5.74, 6) is 0.579. The molecule has 0 fully saturated rings. The van der Waals surface area contributed by atoms with Crippen molar-refractivity contribution in [2.24, 2.45) is 11.1 Å². The molecule has 1 heterocycles. The Labute approximate surface area is 184 Å². The van der Waals surface area contributed by atoms with Crippen LogP contribution in [0.25, 0.3) is 5.70 Å². The van der Waals surface area contributed by atoms with Crippen LogP contribution in [0.3, 0.4) is 0 Å². The maximum absolute atomic E-state index is 6.49. The van der Waals surface area contributed by atoms with Gasteiger partial charge in [-0.25, -0.2) is 4.98 Å². The molecule has 0 bridgehead atoms. The van der Waals surface area contributed by atoms with Gasteiger partial charge in [-0.15, -0.1) is 0 Å². The molecule has 2 aromatic rings. The van der Waals surface area contributed by atoms with Crippen molar-refractivity contribution < 1.29 is 0 Å². The topological polar surface area (TPSA) is 54.2 Å². The van der Waals surface area contributed by atoms with Crippen LogP contribution in [0.1, 0.15) is 46.1 Å². The molecule has 0 saturated carbocycles. The van der Waals surface area contributed by atoms with Gasteiger partial charge in [0.25, 0.3) is 0 Å². The highest BCUT2D eigenvalue weighted by Crippen LogP contribution is 2.29. The minimum atomic E-state index is -0.118. The molecule has 0 aliphatic heterocycles. The summed E-state index contributed by atoms with van der Waals surface area (Å²) in [4.78, 5) is 6.58. The van der Waals surface area contributed by atoms with E-state index in [2.05, 4.69) is 49.5 Å². The van der Waals surface area contributed by atoms with E-state index in [4.69, 9.17) is 28.9 Å². The number of nitrogens with two attached hydrogens (primary N) is 1. The molecule has 2 rings (SSSR count). The summed E-state index contributed by atoms with van der Waals surface area (Å²) in [6.45, 7) is 13.5. The van der Waals surface area contributed by atoms with E-state index in [-0.39, 0.29) is 5.41 Å². The Morgan fingerprint density at radius 2 is 1.90 bits per heavy atom. The molecule has 4 nitrogen and oxygen atoms in total. The summed E-state index contributed by atoms with van der Waals surface area (Å²) in [6.07, 6.45) is 5.86. The van der Waals surface area contributed by atoms with E-state index in [0.29, 0.717) is 15.9 Å². The molecule has 0 aliphatic rings. The minimum Gasteiger partial charge on any atom is -0.400 e. The minimum absolute atomic E-state index is 0.118. The molecular weight excluding hydrogens is 403 g/mol. The zero-order valence-corrected chi connectivity index (χ0v) is 19.1. The van der Waals surface area contributed by atoms with Crippen LogP contribution in [0.2, 0.25) is 10.0 Å². The second-order valence-corrected chi connectivity index (χ2v) is 8.86. The molecule has 29 heavy (non-hydrogen) atoms. The number of hydrogen-bond donors (Lipinski definition) is 2. The first kappa shape index (κ1) is 23.1. The summed E-state index contributed by atoms with van der Waals surface area (Å²) >= 11 is 12.4. The maximum atomic E-state index is 6.49. The third-order valence-electron chi connectivity index (χ3n) is 4.54. The van der Waals surface area contributed by atoms with Crippen molar-refractivity contribution in [1.29, 1.82) is 0 Å². The van der Waals surface area contributed by atoms with Crippen molar-refractivity contribution in [3.8, 4) is 0 Å². The second-order valence-electron chi connectivity index (χ2n) is 8.01. The van der Waals surface area contributed by atoms with Crippen LogP contribution >= 0.6 is 23.2 Å². The Balaban J connectivity index is 2.25. The van der Waals surface area contributed by atoms with E-state index in [0.717, 1.165) is 42.0 Å². The van der Waals surface area contributed by atoms with Crippen LogP contribution < -0.4 is 11.1 Å². The summed E-state index contributed by atoms with van der Waals surface area (Å²) in [6, 6.07) is 9.24. The first-order valence-corrected chi connectivity index (χ1v) is 10.5. The van der Waals surface area contributed by atoms with E-state index < -0.39 is 0 Å². The van der Waals surface area contributed by atoms with E-state index in [1.54, 1.807) is 6.20 Å². The summed E-state index contributed by atoms with van der Waals surface area (Å²) < 4.78 is 0. The summed E-state index contributed by atoms with van der Waals surface area (Å²) in [5, 5.41) is 4.40. The molecule has 156 valence electrons. The van der Waals surface area contributed by atoms with E-state index in [1.807, 2.05) is 36.5 Å². The fourth-order valence-corrected chi connectivity index (χ4v) is 2.83. The third kappa shape index (κ3) is 6.69. The predicted molar refractivity (Wildman–Crippen MR) is 126 cm³/mol. The number of nitrogens with zero attached hydrogens (tertiary/aromatic N) is 2. The molecule has 0 unspecified atom stereocenters.